The van der Waals surface area contributed by atoms with Gasteiger partial charge in [0.15, 0.2) is 0 Å². The smallest absolute Gasteiger partial charge is 0.116 e. The summed E-state index contributed by atoms with van der Waals surface area (Å²) in [6, 6.07) is 0. The number of hydrogen-bond donors (Lipinski definition) is 1. The molecule has 0 bridgehead atoms. The van der Waals surface area contributed by atoms with Gasteiger partial charge in [-0.1, -0.05) is 34.3 Å². The molecular formula is C20H45N3O. The first-order chi connectivity index (χ1) is 11.4. The molecule has 0 aromatic rings. The van der Waals surface area contributed by atoms with E-state index in [4.69, 9.17) is 4.79 Å². The molecule has 0 aromatic carbocycles. The highest BCUT2D eigenvalue weighted by Gasteiger charge is 2.11. The maximum absolute atomic E-state index is 8.81. The number of carbonyl (C=O) groups is 1. The minimum Gasteiger partial charge on any atom is -0.405 e. The monoisotopic (exact) mass is 343 g/mol. The van der Waals surface area contributed by atoms with Crippen LogP contribution in [0.5, 0.6) is 0 Å². The Balaban J connectivity index is -0.000000260. The third kappa shape index (κ3) is 23.4. The van der Waals surface area contributed by atoms with E-state index < -0.39 is 0 Å². The molecule has 2 aliphatic heterocycles. The normalized spacial score (nSPS) is 18.8. The lowest BCUT2D eigenvalue weighted by atomic mass is 10.00. The maximum Gasteiger partial charge on any atom is 0.116 e. The van der Waals surface area contributed by atoms with Crippen molar-refractivity contribution in [3.05, 3.63) is 12.8 Å². The van der Waals surface area contributed by atoms with Crippen LogP contribution in [0.4, 0.5) is 0 Å². The molecule has 2 heterocycles. The molecule has 2 fully saturated rings. The van der Waals surface area contributed by atoms with Crippen LogP contribution in [0.15, 0.2) is 12.8 Å². The van der Waals surface area contributed by atoms with Gasteiger partial charge in [0, 0.05) is 0 Å². The second kappa shape index (κ2) is 22.1. The zero-order chi connectivity index (χ0) is 19.4. The Bertz CT molecular complexity index is 197. The van der Waals surface area contributed by atoms with Crippen LogP contribution in [0.3, 0.4) is 0 Å². The molecule has 2 saturated heterocycles. The largest absolute Gasteiger partial charge is 0.405 e. The third-order valence-electron chi connectivity index (χ3n) is 4.01. The van der Waals surface area contributed by atoms with Crippen molar-refractivity contribution in [3.63, 3.8) is 0 Å². The molecule has 146 valence electrons. The van der Waals surface area contributed by atoms with Gasteiger partial charge >= 0.3 is 0 Å². The molecule has 0 unspecified atom stereocenters. The van der Waals surface area contributed by atoms with Crippen LogP contribution in [-0.2, 0) is 4.79 Å². The average molecular weight is 344 g/mol. The van der Waals surface area contributed by atoms with Gasteiger partial charge in [-0.25, -0.2) is 0 Å². The number of hydrogen-bond acceptors (Lipinski definition) is 4. The Morgan fingerprint density at radius 1 is 0.875 bits per heavy atom. The molecule has 0 radical (unpaired) electrons. The van der Waals surface area contributed by atoms with E-state index in [-0.39, 0.29) is 0 Å². The Morgan fingerprint density at radius 2 is 1.04 bits per heavy atom. The van der Waals surface area contributed by atoms with Crippen molar-refractivity contribution in [2.24, 2.45) is 17.6 Å². The summed E-state index contributed by atoms with van der Waals surface area (Å²) in [5.41, 5.74) is 4.61. The Hall–Kier alpha value is -0.870. The van der Waals surface area contributed by atoms with Gasteiger partial charge in [-0.3, -0.25) is 0 Å². The molecule has 0 spiro atoms. The number of carbonyl (C=O) groups excluding carboxylic acids is 1. The summed E-state index contributed by atoms with van der Waals surface area (Å²) in [4.78, 5) is 13.6. The molecule has 4 heteroatoms. The first kappa shape index (κ1) is 28.0. The van der Waals surface area contributed by atoms with Gasteiger partial charge < -0.3 is 20.3 Å². The second-order valence-electron chi connectivity index (χ2n) is 6.44. The van der Waals surface area contributed by atoms with Crippen LogP contribution in [0.25, 0.3) is 0 Å². The first-order valence-corrected chi connectivity index (χ1v) is 9.50. The van der Waals surface area contributed by atoms with Crippen molar-refractivity contribution in [3.8, 4) is 0 Å². The summed E-state index contributed by atoms with van der Waals surface area (Å²) in [5, 5.41) is 0. The topological polar surface area (TPSA) is 49.6 Å². The minimum atomic E-state index is 0.750. The highest BCUT2D eigenvalue weighted by molar-refractivity contribution is 5.44. The van der Waals surface area contributed by atoms with Crippen LogP contribution in [-0.4, -0.2) is 56.4 Å². The SMILES string of the molecule is C=CN.CC.CC1CCN(C)CC1.CC1CCN(C)CC1.CC=O. The fraction of sp³-hybridized carbons (Fsp3) is 0.850. The number of nitrogens with zero attached hydrogens (tertiary/aromatic N) is 2. The van der Waals surface area contributed by atoms with E-state index >= 15 is 0 Å². The standard InChI is InChI=1S/2C7H15N.C2H5N.C2H4O.C2H6/c2*1-7-3-5-8(2)6-4-7;2*1-2-3;1-2/h2*7H,3-6H2,1-2H3;2H,1,3H2;2H,1H3;1-2H3. The first-order valence-electron chi connectivity index (χ1n) is 9.50. The number of rotatable bonds is 0. The maximum atomic E-state index is 8.81. The molecular weight excluding hydrogens is 298 g/mol. The van der Waals surface area contributed by atoms with E-state index in [0.29, 0.717) is 0 Å². The molecule has 0 aliphatic carbocycles. The highest BCUT2D eigenvalue weighted by atomic mass is 16.1. The minimum absolute atomic E-state index is 0.750. The number of aldehydes is 1. The van der Waals surface area contributed by atoms with E-state index in [2.05, 4.69) is 50.1 Å². The summed E-state index contributed by atoms with van der Waals surface area (Å²) >= 11 is 0. The molecule has 0 aromatic heterocycles. The molecule has 2 N–H and O–H groups in total. The lowest BCUT2D eigenvalue weighted by Crippen LogP contribution is -2.28. The van der Waals surface area contributed by atoms with Gasteiger partial charge in [0.25, 0.3) is 0 Å². The fourth-order valence-electron chi connectivity index (χ4n) is 2.28. The van der Waals surface area contributed by atoms with Crippen LogP contribution in [0.1, 0.15) is 60.3 Å². The molecule has 2 aliphatic rings. The lowest BCUT2D eigenvalue weighted by Gasteiger charge is -2.26. The summed E-state index contributed by atoms with van der Waals surface area (Å²) in [5.74, 6) is 1.96. The van der Waals surface area contributed by atoms with E-state index in [0.717, 1.165) is 18.1 Å². The molecule has 2 rings (SSSR count). The van der Waals surface area contributed by atoms with Gasteiger partial charge in [0.05, 0.1) is 0 Å². The van der Waals surface area contributed by atoms with E-state index in [1.54, 1.807) is 0 Å². The molecule has 24 heavy (non-hydrogen) atoms. The Morgan fingerprint density at radius 3 is 1.17 bits per heavy atom. The van der Waals surface area contributed by atoms with Crippen molar-refractivity contribution < 1.29 is 4.79 Å². The van der Waals surface area contributed by atoms with Crippen LogP contribution in [0, 0.1) is 11.8 Å². The number of likely N-dealkylation sites (tertiary alicyclic amines) is 2. The molecule has 4 nitrogen and oxygen atoms in total. The van der Waals surface area contributed by atoms with Crippen molar-refractivity contribution in [1.82, 2.24) is 9.80 Å². The molecule has 0 atom stereocenters. The quantitative estimate of drug-likeness (QED) is 0.675. The van der Waals surface area contributed by atoms with Gasteiger partial charge in [-0.05, 0) is 90.9 Å². The number of nitrogens with two attached hydrogens (primary N) is 1. The van der Waals surface area contributed by atoms with Gasteiger partial charge in [0.2, 0.25) is 0 Å². The summed E-state index contributed by atoms with van der Waals surface area (Å²) in [6.45, 7) is 18.5. The van der Waals surface area contributed by atoms with Gasteiger partial charge in [-0.2, -0.15) is 0 Å². The molecule has 0 amide bonds. The second-order valence-corrected chi connectivity index (χ2v) is 6.44. The van der Waals surface area contributed by atoms with Crippen molar-refractivity contribution in [2.75, 3.05) is 40.3 Å². The zero-order valence-corrected chi connectivity index (χ0v) is 17.6. The highest BCUT2D eigenvalue weighted by Crippen LogP contribution is 2.14. The molecule has 0 saturated carbocycles. The van der Waals surface area contributed by atoms with Crippen LogP contribution in [0.2, 0.25) is 0 Å². The van der Waals surface area contributed by atoms with Crippen molar-refractivity contribution in [2.45, 2.75) is 60.3 Å². The van der Waals surface area contributed by atoms with Crippen molar-refractivity contribution in [1.29, 1.82) is 0 Å². The summed E-state index contributed by atoms with van der Waals surface area (Å²) in [7, 11) is 4.40. The van der Waals surface area contributed by atoms with Gasteiger partial charge in [-0.15, -0.1) is 0 Å². The Kier molecular flexibility index (Phi) is 25.8. The number of piperidine rings is 2. The van der Waals surface area contributed by atoms with Crippen molar-refractivity contribution >= 4 is 6.29 Å². The zero-order valence-electron chi connectivity index (χ0n) is 17.6. The summed E-state index contributed by atoms with van der Waals surface area (Å²) in [6.07, 6.45) is 7.60. The predicted octanol–water partition coefficient (Wildman–Crippen LogP) is 4.02. The van der Waals surface area contributed by atoms with E-state index in [1.165, 1.54) is 65.0 Å². The Labute approximate surface area is 152 Å². The van der Waals surface area contributed by atoms with Crippen LogP contribution < -0.4 is 5.73 Å². The van der Waals surface area contributed by atoms with Crippen LogP contribution >= 0.6 is 0 Å². The summed E-state index contributed by atoms with van der Waals surface area (Å²) < 4.78 is 0. The fourth-order valence-corrected chi connectivity index (χ4v) is 2.28. The van der Waals surface area contributed by atoms with E-state index in [1.807, 2.05) is 13.8 Å². The van der Waals surface area contributed by atoms with Gasteiger partial charge in [0.1, 0.15) is 6.29 Å². The third-order valence-corrected chi connectivity index (χ3v) is 4.01. The lowest BCUT2D eigenvalue weighted by molar-refractivity contribution is -0.106. The van der Waals surface area contributed by atoms with E-state index in [9.17, 15) is 0 Å². The predicted molar refractivity (Wildman–Crippen MR) is 109 cm³/mol. The average Bonchev–Trinajstić information content (AvgIpc) is 2.57.